The molecule has 0 aliphatic heterocycles. The summed E-state index contributed by atoms with van der Waals surface area (Å²) in [5, 5.41) is 15.6. The highest BCUT2D eigenvalue weighted by Gasteiger charge is 2.21. The summed E-state index contributed by atoms with van der Waals surface area (Å²) in [7, 11) is 1.57. The third-order valence-electron chi connectivity index (χ3n) is 4.87. The Balaban J connectivity index is 1.51. The van der Waals surface area contributed by atoms with Crippen LogP contribution >= 0.6 is 23.1 Å². The third-order valence-corrected chi connectivity index (χ3v) is 6.89. The maximum Gasteiger partial charge on any atom is 0.341 e. The molecule has 2 heterocycles. The number of thioether (sulfide) groups is 1. The van der Waals surface area contributed by atoms with E-state index >= 15 is 0 Å². The molecule has 0 atom stereocenters. The zero-order valence-electron chi connectivity index (χ0n) is 19.3. The lowest BCUT2D eigenvalue weighted by Crippen LogP contribution is -2.16. The van der Waals surface area contributed by atoms with Gasteiger partial charge in [-0.15, -0.1) is 16.4 Å². The normalized spacial score (nSPS) is 10.7. The molecule has 4 rings (SSSR count). The molecule has 0 fully saturated rings. The Morgan fingerprint density at radius 2 is 1.94 bits per heavy atom. The van der Waals surface area contributed by atoms with E-state index in [-0.39, 0.29) is 18.3 Å². The fraction of sp³-hybridized carbons (Fsp3) is 0.208. The topological polar surface area (TPSA) is 108 Å². The van der Waals surface area contributed by atoms with Crippen molar-refractivity contribution in [2.75, 3.05) is 24.8 Å². The van der Waals surface area contributed by atoms with Crippen LogP contribution in [-0.2, 0) is 9.53 Å². The number of tetrazole rings is 1. The number of carbonyl (C=O) groups excluding carboxylic acids is 2. The minimum atomic E-state index is -0.482. The van der Waals surface area contributed by atoms with Crippen LogP contribution in [0, 0.1) is 6.92 Å². The van der Waals surface area contributed by atoms with Crippen LogP contribution in [0.25, 0.3) is 16.1 Å². The van der Waals surface area contributed by atoms with Crippen LogP contribution in [0.3, 0.4) is 0 Å². The molecule has 0 bridgehead atoms. The van der Waals surface area contributed by atoms with Crippen LogP contribution in [0.4, 0.5) is 5.00 Å². The Morgan fingerprint density at radius 1 is 1.14 bits per heavy atom. The molecule has 0 radical (unpaired) electrons. The van der Waals surface area contributed by atoms with Crippen molar-refractivity contribution in [2.45, 2.75) is 19.0 Å². The van der Waals surface area contributed by atoms with Gasteiger partial charge in [0.05, 0.1) is 25.0 Å². The number of aryl methyl sites for hydroxylation is 1. The van der Waals surface area contributed by atoms with Crippen molar-refractivity contribution in [3.63, 3.8) is 0 Å². The van der Waals surface area contributed by atoms with Crippen LogP contribution in [0.15, 0.2) is 59.8 Å². The first-order valence-electron chi connectivity index (χ1n) is 10.7. The second-order valence-corrected chi connectivity index (χ2v) is 9.32. The smallest absolute Gasteiger partial charge is 0.341 e. The summed E-state index contributed by atoms with van der Waals surface area (Å²) in [6, 6.07) is 17.1. The van der Waals surface area contributed by atoms with E-state index in [4.69, 9.17) is 9.47 Å². The molecule has 1 amide bonds. The van der Waals surface area contributed by atoms with Crippen molar-refractivity contribution in [1.82, 2.24) is 20.2 Å². The monoisotopic (exact) mass is 509 g/mol. The second-order valence-electron chi connectivity index (χ2n) is 7.33. The van der Waals surface area contributed by atoms with Gasteiger partial charge in [-0.1, -0.05) is 48.2 Å². The number of nitrogens with one attached hydrogen (secondary N) is 1. The lowest BCUT2D eigenvalue weighted by molar-refractivity contribution is -0.113. The summed E-state index contributed by atoms with van der Waals surface area (Å²) in [5.41, 5.74) is 2.96. The molecule has 11 heteroatoms. The standard InChI is InChI=1S/C24H23N5O4S2/c1-4-33-23(31)17-13-20(16-8-6-5-7-9-16)35-22(17)25-21(30)14-34-24-26-27-28-29(24)18-12-15(2)10-11-19(18)32-3/h5-13H,4,14H2,1-3H3,(H,25,30). The van der Waals surface area contributed by atoms with Gasteiger partial charge < -0.3 is 14.8 Å². The zero-order valence-corrected chi connectivity index (χ0v) is 21.0. The van der Waals surface area contributed by atoms with Gasteiger partial charge in [0.2, 0.25) is 11.1 Å². The number of aromatic nitrogens is 4. The van der Waals surface area contributed by atoms with Crippen molar-refractivity contribution < 1.29 is 19.1 Å². The fourth-order valence-electron chi connectivity index (χ4n) is 3.27. The number of amides is 1. The summed E-state index contributed by atoms with van der Waals surface area (Å²) in [6.45, 7) is 3.94. The molecular weight excluding hydrogens is 486 g/mol. The van der Waals surface area contributed by atoms with Crippen LogP contribution < -0.4 is 10.1 Å². The van der Waals surface area contributed by atoms with E-state index in [0.29, 0.717) is 27.2 Å². The minimum Gasteiger partial charge on any atom is -0.494 e. The highest BCUT2D eigenvalue weighted by molar-refractivity contribution is 7.99. The fourth-order valence-corrected chi connectivity index (χ4v) is 5.02. The third kappa shape index (κ3) is 5.69. The van der Waals surface area contributed by atoms with E-state index in [2.05, 4.69) is 20.8 Å². The molecule has 1 N–H and O–H groups in total. The molecule has 2 aromatic heterocycles. The summed E-state index contributed by atoms with van der Waals surface area (Å²) in [6.07, 6.45) is 0. The van der Waals surface area contributed by atoms with Crippen molar-refractivity contribution >= 4 is 40.0 Å². The number of methoxy groups -OCH3 is 1. The van der Waals surface area contributed by atoms with Gasteiger partial charge in [-0.05, 0) is 53.6 Å². The first-order valence-corrected chi connectivity index (χ1v) is 12.5. The number of thiophene rings is 1. The molecule has 0 aliphatic rings. The number of hydrogen-bond acceptors (Lipinski definition) is 9. The number of hydrogen-bond donors (Lipinski definition) is 1. The van der Waals surface area contributed by atoms with Crippen molar-refractivity contribution in [3.05, 3.63) is 65.7 Å². The van der Waals surface area contributed by atoms with E-state index in [1.165, 1.54) is 27.8 Å². The predicted molar refractivity (Wildman–Crippen MR) is 136 cm³/mol. The van der Waals surface area contributed by atoms with Crippen LogP contribution in [-0.4, -0.2) is 51.6 Å². The van der Waals surface area contributed by atoms with Crippen LogP contribution in [0.2, 0.25) is 0 Å². The summed E-state index contributed by atoms with van der Waals surface area (Å²) in [5.74, 6) is -0.132. The number of benzene rings is 2. The molecule has 180 valence electrons. The summed E-state index contributed by atoms with van der Waals surface area (Å²) < 4.78 is 12.1. The Hall–Kier alpha value is -3.70. The van der Waals surface area contributed by atoms with E-state index < -0.39 is 5.97 Å². The van der Waals surface area contributed by atoms with Gasteiger partial charge in [0.1, 0.15) is 16.4 Å². The van der Waals surface area contributed by atoms with Gasteiger partial charge in [0, 0.05) is 4.88 Å². The maximum absolute atomic E-state index is 12.8. The Morgan fingerprint density at radius 3 is 2.69 bits per heavy atom. The highest BCUT2D eigenvalue weighted by atomic mass is 32.2. The van der Waals surface area contributed by atoms with E-state index in [1.54, 1.807) is 20.1 Å². The number of nitrogens with zero attached hydrogens (tertiary/aromatic N) is 4. The van der Waals surface area contributed by atoms with Gasteiger partial charge in [0.15, 0.2) is 0 Å². The predicted octanol–water partition coefficient (Wildman–Crippen LogP) is 4.62. The largest absolute Gasteiger partial charge is 0.494 e. The number of esters is 1. The van der Waals surface area contributed by atoms with Gasteiger partial charge in [0.25, 0.3) is 0 Å². The van der Waals surface area contributed by atoms with Gasteiger partial charge in [-0.25, -0.2) is 4.79 Å². The van der Waals surface area contributed by atoms with Crippen LogP contribution in [0.5, 0.6) is 5.75 Å². The number of ether oxygens (including phenoxy) is 2. The summed E-state index contributed by atoms with van der Waals surface area (Å²) >= 11 is 2.50. The number of carbonyl (C=O) groups is 2. The molecule has 9 nitrogen and oxygen atoms in total. The molecule has 0 aliphatic carbocycles. The van der Waals surface area contributed by atoms with Gasteiger partial charge >= 0.3 is 5.97 Å². The van der Waals surface area contributed by atoms with Crippen molar-refractivity contribution in [2.24, 2.45) is 0 Å². The average Bonchev–Trinajstić information content (AvgIpc) is 3.50. The van der Waals surface area contributed by atoms with Crippen molar-refractivity contribution in [1.29, 1.82) is 0 Å². The van der Waals surface area contributed by atoms with Crippen molar-refractivity contribution in [3.8, 4) is 21.9 Å². The number of anilines is 1. The zero-order chi connectivity index (χ0) is 24.8. The number of rotatable bonds is 9. The SMILES string of the molecule is CCOC(=O)c1cc(-c2ccccc2)sc1NC(=O)CSc1nnnn1-c1cc(C)ccc1OC. The Kier molecular flexibility index (Phi) is 7.78. The van der Waals surface area contributed by atoms with E-state index in [9.17, 15) is 9.59 Å². The average molecular weight is 510 g/mol. The van der Waals surface area contributed by atoms with Gasteiger partial charge in [-0.3, -0.25) is 4.79 Å². The molecule has 4 aromatic rings. The molecule has 35 heavy (non-hydrogen) atoms. The maximum atomic E-state index is 12.8. The van der Waals surface area contributed by atoms with Gasteiger partial charge in [-0.2, -0.15) is 4.68 Å². The first-order chi connectivity index (χ1) is 17.0. The van der Waals surface area contributed by atoms with Crippen LogP contribution in [0.1, 0.15) is 22.8 Å². The molecule has 0 saturated carbocycles. The molecule has 2 aromatic carbocycles. The lowest BCUT2D eigenvalue weighted by Gasteiger charge is -2.10. The minimum absolute atomic E-state index is 0.0370. The molecule has 0 saturated heterocycles. The second kappa shape index (κ2) is 11.2. The molecule has 0 spiro atoms. The Labute approximate surface area is 210 Å². The van der Waals surface area contributed by atoms with E-state index in [0.717, 1.165) is 16.0 Å². The molecule has 0 unspecified atom stereocenters. The molecular formula is C24H23N5O4S2. The highest BCUT2D eigenvalue weighted by Crippen LogP contribution is 2.36. The van der Waals surface area contributed by atoms with E-state index in [1.807, 2.05) is 55.5 Å². The summed E-state index contributed by atoms with van der Waals surface area (Å²) in [4.78, 5) is 26.2. The Bertz CT molecular complexity index is 1340. The lowest BCUT2D eigenvalue weighted by atomic mass is 10.1. The first kappa shape index (κ1) is 24.4. The quantitative estimate of drug-likeness (QED) is 0.257.